The molecule has 0 fully saturated rings. The summed E-state index contributed by atoms with van der Waals surface area (Å²) in [6.07, 6.45) is 1.41. The van der Waals surface area contributed by atoms with Gasteiger partial charge in [-0.05, 0) is 31.2 Å². The molecule has 0 amide bonds. The summed E-state index contributed by atoms with van der Waals surface area (Å²) in [4.78, 5) is 2.34. The first kappa shape index (κ1) is 16.0. The van der Waals surface area contributed by atoms with Crippen molar-refractivity contribution in [3.8, 4) is 0 Å². The molecule has 2 rings (SSSR count). The third kappa shape index (κ3) is 4.30. The Morgan fingerprint density at radius 1 is 1.19 bits per heavy atom. The number of halogens is 2. The molecule has 1 N–H and O–H groups in total. The Kier molecular flexibility index (Phi) is 5.03. The van der Waals surface area contributed by atoms with E-state index < -0.39 is 10.0 Å². The van der Waals surface area contributed by atoms with Crippen molar-refractivity contribution in [3.05, 3.63) is 63.1 Å². The molecule has 0 aliphatic carbocycles. The molecule has 4 nitrogen and oxygen atoms in total. The maximum absolute atomic E-state index is 12.0. The molecule has 2 aromatic carbocycles. The first-order valence-corrected chi connectivity index (χ1v) is 8.60. The van der Waals surface area contributed by atoms with Gasteiger partial charge in [0.15, 0.2) is 0 Å². The predicted molar refractivity (Wildman–Crippen MR) is 88.2 cm³/mol. The summed E-state index contributed by atoms with van der Waals surface area (Å²) >= 11 is 9.16. The number of nitrogens with zero attached hydrogens (tertiary/aromatic N) is 1. The molecule has 0 saturated carbocycles. The van der Waals surface area contributed by atoms with Crippen molar-refractivity contribution in [1.29, 1.82) is 0 Å². The van der Waals surface area contributed by atoms with Crippen molar-refractivity contribution in [3.63, 3.8) is 0 Å². The molecular weight excluding hydrogens is 376 g/mol. The van der Waals surface area contributed by atoms with Crippen LogP contribution in [0.25, 0.3) is 0 Å². The molecule has 0 saturated heterocycles. The van der Waals surface area contributed by atoms with Crippen LogP contribution in [0.3, 0.4) is 0 Å². The SMILES string of the molecule is Cc1ccc(S(=O)(=O)N/N=C\c2ccc(Cl)cc2Br)cc1. The first-order chi connectivity index (χ1) is 9.88. The van der Waals surface area contributed by atoms with E-state index in [1.54, 1.807) is 30.3 Å². The van der Waals surface area contributed by atoms with Crippen molar-refractivity contribution in [1.82, 2.24) is 4.83 Å². The summed E-state index contributed by atoms with van der Waals surface area (Å²) in [6.45, 7) is 1.89. The minimum atomic E-state index is -3.66. The Morgan fingerprint density at radius 3 is 2.48 bits per heavy atom. The van der Waals surface area contributed by atoms with Gasteiger partial charge >= 0.3 is 0 Å². The number of sulfonamides is 1. The zero-order valence-corrected chi connectivity index (χ0v) is 14.2. The number of hydrogen-bond donors (Lipinski definition) is 1. The Balaban J connectivity index is 2.14. The lowest BCUT2D eigenvalue weighted by atomic mass is 10.2. The number of benzene rings is 2. The number of aryl methyl sites for hydroxylation is 1. The van der Waals surface area contributed by atoms with Crippen LogP contribution in [0.4, 0.5) is 0 Å². The molecule has 0 atom stereocenters. The predicted octanol–water partition coefficient (Wildman–Crippen LogP) is 3.72. The van der Waals surface area contributed by atoms with Crippen molar-refractivity contribution in [2.24, 2.45) is 5.10 Å². The highest BCUT2D eigenvalue weighted by Gasteiger charge is 2.11. The van der Waals surface area contributed by atoms with Crippen LogP contribution in [0.1, 0.15) is 11.1 Å². The molecule has 110 valence electrons. The number of nitrogens with one attached hydrogen (secondary N) is 1. The fourth-order valence-corrected chi connectivity index (χ4v) is 3.12. The zero-order valence-electron chi connectivity index (χ0n) is 11.0. The van der Waals surface area contributed by atoms with Gasteiger partial charge in [-0.15, -0.1) is 0 Å². The second-order valence-corrected chi connectivity index (χ2v) is 7.28. The smallest absolute Gasteiger partial charge is 0.200 e. The normalized spacial score (nSPS) is 11.8. The number of hydrazone groups is 1. The summed E-state index contributed by atoms with van der Waals surface area (Å²) < 4.78 is 24.8. The van der Waals surface area contributed by atoms with Crippen molar-refractivity contribution >= 4 is 43.8 Å². The Bertz CT molecular complexity index is 774. The summed E-state index contributed by atoms with van der Waals surface area (Å²) in [5, 5.41) is 4.35. The van der Waals surface area contributed by atoms with Gasteiger partial charge in [0.1, 0.15) is 0 Å². The average Bonchev–Trinajstić information content (AvgIpc) is 2.41. The molecule has 0 unspecified atom stereocenters. The summed E-state index contributed by atoms with van der Waals surface area (Å²) in [5.41, 5.74) is 1.70. The number of rotatable bonds is 4. The van der Waals surface area contributed by atoms with Gasteiger partial charge in [0, 0.05) is 15.1 Å². The Morgan fingerprint density at radius 2 is 1.86 bits per heavy atom. The Labute approximate surface area is 137 Å². The largest absolute Gasteiger partial charge is 0.276 e. The molecule has 0 spiro atoms. The van der Waals surface area contributed by atoms with E-state index in [0.29, 0.717) is 10.6 Å². The second kappa shape index (κ2) is 6.60. The molecule has 21 heavy (non-hydrogen) atoms. The van der Waals surface area contributed by atoms with Crippen molar-refractivity contribution in [2.75, 3.05) is 0 Å². The van der Waals surface area contributed by atoms with E-state index >= 15 is 0 Å². The van der Waals surface area contributed by atoms with Gasteiger partial charge in [-0.3, -0.25) is 0 Å². The van der Waals surface area contributed by atoms with Crippen LogP contribution in [-0.4, -0.2) is 14.6 Å². The van der Waals surface area contributed by atoms with Gasteiger partial charge in [0.2, 0.25) is 0 Å². The lowest BCUT2D eigenvalue weighted by Crippen LogP contribution is -2.18. The van der Waals surface area contributed by atoms with Crippen LogP contribution >= 0.6 is 27.5 Å². The molecule has 0 radical (unpaired) electrons. The topological polar surface area (TPSA) is 58.5 Å². The van der Waals surface area contributed by atoms with Gasteiger partial charge in [-0.25, -0.2) is 4.83 Å². The third-order valence-corrected chi connectivity index (χ3v) is 4.83. The maximum atomic E-state index is 12.0. The zero-order chi connectivity index (χ0) is 15.5. The van der Waals surface area contributed by atoms with Crippen LogP contribution in [0.5, 0.6) is 0 Å². The third-order valence-electron chi connectivity index (χ3n) is 2.67. The first-order valence-electron chi connectivity index (χ1n) is 5.95. The highest BCUT2D eigenvalue weighted by atomic mass is 79.9. The minimum absolute atomic E-state index is 0.167. The molecule has 0 heterocycles. The molecule has 7 heteroatoms. The molecule has 0 aliphatic rings. The highest BCUT2D eigenvalue weighted by Crippen LogP contribution is 2.20. The fourth-order valence-electron chi connectivity index (χ4n) is 1.54. The average molecular weight is 388 g/mol. The van der Waals surface area contributed by atoms with Crippen LogP contribution in [0, 0.1) is 6.92 Å². The van der Waals surface area contributed by atoms with E-state index in [4.69, 9.17) is 11.6 Å². The van der Waals surface area contributed by atoms with Crippen LogP contribution in [0.2, 0.25) is 5.02 Å². The summed E-state index contributed by atoms with van der Waals surface area (Å²) in [6, 6.07) is 11.7. The van der Waals surface area contributed by atoms with Crippen LogP contribution in [0.15, 0.2) is 56.9 Å². The molecular formula is C14H12BrClN2O2S. The lowest BCUT2D eigenvalue weighted by Gasteiger charge is -2.04. The van der Waals surface area contributed by atoms with Crippen LogP contribution < -0.4 is 4.83 Å². The summed E-state index contributed by atoms with van der Waals surface area (Å²) in [5.74, 6) is 0. The highest BCUT2D eigenvalue weighted by molar-refractivity contribution is 9.10. The molecule has 0 aromatic heterocycles. The molecule has 0 aliphatic heterocycles. The number of hydrogen-bond acceptors (Lipinski definition) is 3. The van der Waals surface area contributed by atoms with Gasteiger partial charge in [-0.1, -0.05) is 51.3 Å². The maximum Gasteiger partial charge on any atom is 0.276 e. The standard InChI is InChI=1S/C14H12BrClN2O2S/c1-10-2-6-13(7-3-10)21(19,20)18-17-9-11-4-5-12(16)8-14(11)15/h2-9,18H,1H3/b17-9-. The van der Waals surface area contributed by atoms with Gasteiger partial charge in [0.25, 0.3) is 10.0 Å². The fraction of sp³-hybridized carbons (Fsp3) is 0.0714. The lowest BCUT2D eigenvalue weighted by molar-refractivity contribution is 0.584. The molecule has 0 bridgehead atoms. The van der Waals surface area contributed by atoms with Crippen molar-refractivity contribution in [2.45, 2.75) is 11.8 Å². The van der Waals surface area contributed by atoms with Gasteiger partial charge in [0.05, 0.1) is 11.1 Å². The van der Waals surface area contributed by atoms with Gasteiger partial charge < -0.3 is 0 Å². The minimum Gasteiger partial charge on any atom is -0.200 e. The van der Waals surface area contributed by atoms with E-state index in [0.717, 1.165) is 10.0 Å². The van der Waals surface area contributed by atoms with Crippen LogP contribution in [-0.2, 0) is 10.0 Å². The van der Waals surface area contributed by atoms with E-state index in [1.165, 1.54) is 18.3 Å². The monoisotopic (exact) mass is 386 g/mol. The van der Waals surface area contributed by atoms with E-state index in [1.807, 2.05) is 6.92 Å². The molecule has 2 aromatic rings. The van der Waals surface area contributed by atoms with Crippen molar-refractivity contribution < 1.29 is 8.42 Å². The summed E-state index contributed by atoms with van der Waals surface area (Å²) in [7, 11) is -3.66. The Hall–Kier alpha value is -1.37. The van der Waals surface area contributed by atoms with E-state index in [2.05, 4.69) is 25.9 Å². The quantitative estimate of drug-likeness (QED) is 0.642. The van der Waals surface area contributed by atoms with E-state index in [9.17, 15) is 8.42 Å². The second-order valence-electron chi connectivity index (χ2n) is 4.33. The van der Waals surface area contributed by atoms with Gasteiger partial charge in [-0.2, -0.15) is 13.5 Å². The van der Waals surface area contributed by atoms with E-state index in [-0.39, 0.29) is 4.90 Å².